The average Bonchev–Trinajstić information content (AvgIpc) is 2.31. The Labute approximate surface area is 97.9 Å². The first-order chi connectivity index (χ1) is 7.60. The zero-order valence-electron chi connectivity index (χ0n) is 9.06. The number of hydrazone groups is 1. The van der Waals surface area contributed by atoms with Crippen LogP contribution >= 0.6 is 11.8 Å². The fourth-order valence-electron chi connectivity index (χ4n) is 0.790. The maximum atomic E-state index is 11.2. The number of nitrogens with one attached hydrogen (secondary N) is 1. The number of nitrogens with two attached hydrogens (primary N) is 2. The van der Waals surface area contributed by atoms with Crippen LogP contribution in [0.15, 0.2) is 5.10 Å². The van der Waals surface area contributed by atoms with Crippen LogP contribution in [0.25, 0.3) is 0 Å². The summed E-state index contributed by atoms with van der Waals surface area (Å²) < 4.78 is 4.45. The highest BCUT2D eigenvalue weighted by Gasteiger charge is 2.04. The molecule has 16 heavy (non-hydrogen) atoms. The Morgan fingerprint density at radius 3 is 2.75 bits per heavy atom. The molecule has 5 N–H and O–H groups in total. The van der Waals surface area contributed by atoms with E-state index in [-0.39, 0.29) is 29.2 Å². The lowest BCUT2D eigenvalue weighted by Crippen LogP contribution is -2.27. The summed E-state index contributed by atoms with van der Waals surface area (Å²) >= 11 is 1.05. The van der Waals surface area contributed by atoms with Crippen LogP contribution in [0.1, 0.15) is 12.8 Å². The largest absolute Gasteiger partial charge is 0.469 e. The van der Waals surface area contributed by atoms with Gasteiger partial charge in [0.05, 0.1) is 12.9 Å². The van der Waals surface area contributed by atoms with E-state index in [0.717, 1.165) is 11.8 Å². The van der Waals surface area contributed by atoms with E-state index >= 15 is 0 Å². The summed E-state index contributed by atoms with van der Waals surface area (Å²) in [5.74, 6) is 4.58. The highest BCUT2D eigenvalue weighted by atomic mass is 32.2. The van der Waals surface area contributed by atoms with E-state index in [9.17, 15) is 9.59 Å². The molecule has 7 nitrogen and oxygen atoms in total. The summed E-state index contributed by atoms with van der Waals surface area (Å²) in [5, 5.41) is 5.99. The van der Waals surface area contributed by atoms with Gasteiger partial charge in [0, 0.05) is 13.0 Å². The van der Waals surface area contributed by atoms with Crippen LogP contribution in [0.5, 0.6) is 0 Å². The molecular weight excluding hydrogens is 232 g/mol. The number of rotatable bonds is 6. The van der Waals surface area contributed by atoms with E-state index in [4.69, 9.17) is 11.6 Å². The summed E-state index contributed by atoms with van der Waals surface area (Å²) in [6.45, 7) is 0.425. The number of thioether (sulfide) groups is 1. The third-order valence-electron chi connectivity index (χ3n) is 1.59. The van der Waals surface area contributed by atoms with Gasteiger partial charge in [-0.1, -0.05) is 11.8 Å². The monoisotopic (exact) mass is 248 g/mol. The molecule has 1 amide bonds. The molecule has 92 valence electrons. The first-order valence-electron chi connectivity index (χ1n) is 4.59. The number of ether oxygens (including phenoxy) is 1. The van der Waals surface area contributed by atoms with E-state index in [2.05, 4.69) is 15.2 Å². The van der Waals surface area contributed by atoms with Crippen molar-refractivity contribution in [1.29, 1.82) is 0 Å². The molecule has 0 heterocycles. The topological polar surface area (TPSA) is 120 Å². The molecule has 0 aromatic carbocycles. The fraction of sp³-hybridized carbons (Fsp3) is 0.625. The van der Waals surface area contributed by atoms with Crippen molar-refractivity contribution in [3.8, 4) is 0 Å². The molecule has 0 radical (unpaired) electrons. The number of carbonyl (C=O) groups excluding carboxylic acids is 2. The molecule has 0 saturated heterocycles. The van der Waals surface area contributed by atoms with Crippen molar-refractivity contribution in [3.63, 3.8) is 0 Å². The minimum absolute atomic E-state index is 0.157. The van der Waals surface area contributed by atoms with E-state index in [0.29, 0.717) is 13.0 Å². The van der Waals surface area contributed by atoms with Crippen molar-refractivity contribution in [2.24, 2.45) is 16.7 Å². The molecule has 0 aromatic heterocycles. The molecule has 8 heteroatoms. The Morgan fingerprint density at radius 1 is 1.50 bits per heavy atom. The number of hydrogen-bond donors (Lipinski definition) is 3. The second-order valence-corrected chi connectivity index (χ2v) is 3.78. The normalized spacial score (nSPS) is 10.9. The second kappa shape index (κ2) is 8.84. The molecule has 0 rings (SSSR count). The van der Waals surface area contributed by atoms with E-state index in [1.54, 1.807) is 0 Å². The number of methoxy groups -OCH3 is 1. The Balaban J connectivity index is 3.48. The van der Waals surface area contributed by atoms with Gasteiger partial charge < -0.3 is 21.6 Å². The molecule has 0 fully saturated rings. The third kappa shape index (κ3) is 7.92. The lowest BCUT2D eigenvalue weighted by atomic mass is 10.3. The molecule has 0 atom stereocenters. The van der Waals surface area contributed by atoms with Crippen molar-refractivity contribution in [2.45, 2.75) is 12.8 Å². The molecule has 0 bridgehead atoms. The standard InChI is InChI=1S/C8H16N4O3S/c1-15-7(14)3-2-4-11-6(13)5-16-8(9)12-10/h2-5,10H2,1H3,(H2,9,12)(H,11,13). The van der Waals surface area contributed by atoms with Crippen LogP contribution in [0.3, 0.4) is 0 Å². The fourth-order valence-corrected chi connectivity index (χ4v) is 1.25. The molecule has 0 aliphatic carbocycles. The molecule has 0 saturated carbocycles. The third-order valence-corrected chi connectivity index (χ3v) is 2.39. The number of nitrogens with zero attached hydrogens (tertiary/aromatic N) is 1. The molecular formula is C8H16N4O3S. The molecule has 0 spiro atoms. The van der Waals surface area contributed by atoms with Gasteiger partial charge in [-0.15, -0.1) is 0 Å². The highest BCUT2D eigenvalue weighted by Crippen LogP contribution is 1.97. The minimum Gasteiger partial charge on any atom is -0.469 e. The van der Waals surface area contributed by atoms with E-state index < -0.39 is 0 Å². The summed E-state index contributed by atoms with van der Waals surface area (Å²) in [4.78, 5) is 21.9. The van der Waals surface area contributed by atoms with Gasteiger partial charge in [-0.25, -0.2) is 0 Å². The quantitative estimate of drug-likeness (QED) is 0.138. The lowest BCUT2D eigenvalue weighted by Gasteiger charge is -2.03. The number of hydrogen-bond acceptors (Lipinski definition) is 6. The first-order valence-corrected chi connectivity index (χ1v) is 5.58. The Morgan fingerprint density at radius 2 is 2.19 bits per heavy atom. The maximum Gasteiger partial charge on any atom is 0.305 e. The average molecular weight is 248 g/mol. The van der Waals surface area contributed by atoms with Crippen molar-refractivity contribution < 1.29 is 14.3 Å². The van der Waals surface area contributed by atoms with Crippen molar-refractivity contribution >= 4 is 28.8 Å². The zero-order valence-corrected chi connectivity index (χ0v) is 9.88. The number of amidine groups is 1. The van der Waals surface area contributed by atoms with Crippen LogP contribution in [0.4, 0.5) is 0 Å². The SMILES string of the molecule is COC(=O)CCCNC(=O)CSC(N)=NN. The first kappa shape index (κ1) is 14.6. The predicted octanol–water partition coefficient (Wildman–Crippen LogP) is -1.02. The van der Waals surface area contributed by atoms with Crippen LogP contribution < -0.4 is 16.9 Å². The highest BCUT2D eigenvalue weighted by molar-refractivity contribution is 8.14. The summed E-state index contributed by atoms with van der Waals surface area (Å²) in [6, 6.07) is 0. The Hall–Kier alpha value is -1.44. The van der Waals surface area contributed by atoms with Gasteiger partial charge in [-0.3, -0.25) is 9.59 Å². The van der Waals surface area contributed by atoms with Crippen LogP contribution in [0.2, 0.25) is 0 Å². The van der Waals surface area contributed by atoms with Crippen LogP contribution in [-0.4, -0.2) is 36.5 Å². The molecule has 0 aromatic rings. The number of carbonyl (C=O) groups is 2. The van der Waals surface area contributed by atoms with E-state index in [1.807, 2.05) is 0 Å². The van der Waals surface area contributed by atoms with E-state index in [1.165, 1.54) is 7.11 Å². The van der Waals surface area contributed by atoms with Gasteiger partial charge >= 0.3 is 5.97 Å². The van der Waals surface area contributed by atoms with Gasteiger partial charge in [0.25, 0.3) is 0 Å². The second-order valence-electron chi connectivity index (χ2n) is 2.79. The smallest absolute Gasteiger partial charge is 0.305 e. The molecule has 0 aliphatic heterocycles. The minimum atomic E-state index is -0.289. The van der Waals surface area contributed by atoms with Gasteiger partial charge in [-0.05, 0) is 6.42 Å². The van der Waals surface area contributed by atoms with Gasteiger partial charge in [0.2, 0.25) is 5.91 Å². The van der Waals surface area contributed by atoms with Gasteiger partial charge in [0.1, 0.15) is 0 Å². The number of amides is 1. The summed E-state index contributed by atoms with van der Waals surface area (Å²) in [7, 11) is 1.33. The van der Waals surface area contributed by atoms with Crippen LogP contribution in [-0.2, 0) is 14.3 Å². The Bertz CT molecular complexity index is 270. The zero-order chi connectivity index (χ0) is 12.4. The van der Waals surface area contributed by atoms with Gasteiger partial charge in [-0.2, -0.15) is 5.10 Å². The lowest BCUT2D eigenvalue weighted by molar-refractivity contribution is -0.140. The maximum absolute atomic E-state index is 11.2. The Kier molecular flexibility index (Phi) is 8.04. The summed E-state index contributed by atoms with van der Waals surface area (Å²) in [5.41, 5.74) is 5.28. The van der Waals surface area contributed by atoms with Crippen molar-refractivity contribution in [2.75, 3.05) is 19.4 Å². The van der Waals surface area contributed by atoms with Crippen molar-refractivity contribution in [1.82, 2.24) is 5.32 Å². The number of esters is 1. The molecule has 0 unspecified atom stereocenters. The molecule has 0 aliphatic rings. The predicted molar refractivity (Wildman–Crippen MR) is 62.5 cm³/mol. The van der Waals surface area contributed by atoms with Gasteiger partial charge in [0.15, 0.2) is 5.17 Å². The van der Waals surface area contributed by atoms with Crippen molar-refractivity contribution in [3.05, 3.63) is 0 Å². The van der Waals surface area contributed by atoms with Crippen LogP contribution in [0, 0.1) is 0 Å². The summed E-state index contributed by atoms with van der Waals surface area (Å²) in [6.07, 6.45) is 0.833.